The van der Waals surface area contributed by atoms with Gasteiger partial charge in [-0.1, -0.05) is 18.5 Å². The molecule has 1 N–H and O–H groups in total. The standard InChI is InChI=1S/C24H23ClN6O4/c1-4-5-20(32)17-11-26-31(14(17)2)22-9-8-21(28-29-22)27-24(34)18-12-30(13-23(33)35-3)19-7-6-15(25)10-16(18)19/h6-12H,4-5,13H2,1-3H3,(H,27,28,34). The Hall–Kier alpha value is -4.05. The van der Waals surface area contributed by atoms with Crippen molar-refractivity contribution in [2.45, 2.75) is 33.2 Å². The van der Waals surface area contributed by atoms with Gasteiger partial charge in [-0.05, 0) is 43.7 Å². The van der Waals surface area contributed by atoms with Crippen molar-refractivity contribution in [1.29, 1.82) is 0 Å². The fraction of sp³-hybridized carbons (Fsp3) is 0.250. The molecule has 180 valence electrons. The Labute approximate surface area is 205 Å². The highest BCUT2D eigenvalue weighted by atomic mass is 35.5. The van der Waals surface area contributed by atoms with Crippen molar-refractivity contribution < 1.29 is 19.1 Å². The second-order valence-corrected chi connectivity index (χ2v) is 8.30. The topological polar surface area (TPSA) is 121 Å². The Bertz CT molecular complexity index is 1420. The van der Waals surface area contributed by atoms with Crippen molar-refractivity contribution in [3.05, 3.63) is 64.6 Å². The van der Waals surface area contributed by atoms with E-state index >= 15 is 0 Å². The highest BCUT2D eigenvalue weighted by Crippen LogP contribution is 2.26. The molecule has 0 radical (unpaired) electrons. The average Bonchev–Trinajstić information content (AvgIpc) is 3.40. The molecule has 0 fully saturated rings. The van der Waals surface area contributed by atoms with Gasteiger partial charge in [0.2, 0.25) is 0 Å². The summed E-state index contributed by atoms with van der Waals surface area (Å²) in [7, 11) is 1.30. The van der Waals surface area contributed by atoms with Crippen LogP contribution in [0.25, 0.3) is 16.7 Å². The number of Topliss-reactive ketones (excluding diaryl/α,β-unsaturated/α-hetero) is 1. The lowest BCUT2D eigenvalue weighted by atomic mass is 10.1. The van der Waals surface area contributed by atoms with Crippen LogP contribution in [-0.2, 0) is 16.1 Å². The Morgan fingerprint density at radius 3 is 2.60 bits per heavy atom. The molecule has 0 bridgehead atoms. The van der Waals surface area contributed by atoms with Gasteiger partial charge in [0.05, 0.1) is 30.1 Å². The summed E-state index contributed by atoms with van der Waals surface area (Å²) in [5, 5.41) is 16.2. The lowest BCUT2D eigenvalue weighted by molar-refractivity contribution is -0.141. The molecular weight excluding hydrogens is 472 g/mol. The SMILES string of the molecule is CCCC(=O)c1cnn(-c2ccc(NC(=O)c3cn(CC(=O)OC)c4ccc(Cl)cc34)nn2)c1C. The number of carbonyl (C=O) groups is 3. The number of hydrogen-bond donors (Lipinski definition) is 1. The summed E-state index contributed by atoms with van der Waals surface area (Å²) in [6.07, 6.45) is 4.30. The van der Waals surface area contributed by atoms with E-state index in [2.05, 4.69) is 20.6 Å². The van der Waals surface area contributed by atoms with Crippen LogP contribution in [-0.4, -0.2) is 49.3 Å². The summed E-state index contributed by atoms with van der Waals surface area (Å²) in [5.74, 6) is -0.219. The molecule has 3 aromatic heterocycles. The van der Waals surface area contributed by atoms with E-state index in [1.54, 1.807) is 48.0 Å². The van der Waals surface area contributed by atoms with E-state index < -0.39 is 11.9 Å². The van der Waals surface area contributed by atoms with Crippen LogP contribution in [0.4, 0.5) is 5.82 Å². The first-order valence-corrected chi connectivity index (χ1v) is 11.3. The Kier molecular flexibility index (Phi) is 6.92. The molecule has 10 nitrogen and oxygen atoms in total. The van der Waals surface area contributed by atoms with Crippen molar-refractivity contribution in [2.24, 2.45) is 0 Å². The highest BCUT2D eigenvalue weighted by molar-refractivity contribution is 6.31. The number of nitrogens with zero attached hydrogens (tertiary/aromatic N) is 5. The van der Waals surface area contributed by atoms with Crippen LogP contribution in [0, 0.1) is 6.92 Å². The summed E-state index contributed by atoms with van der Waals surface area (Å²) in [6.45, 7) is 3.69. The summed E-state index contributed by atoms with van der Waals surface area (Å²) in [4.78, 5) is 37.1. The number of rotatable bonds is 8. The van der Waals surface area contributed by atoms with Gasteiger partial charge in [0, 0.05) is 28.5 Å². The number of ketones is 1. The molecule has 11 heteroatoms. The normalized spacial score (nSPS) is 11.0. The van der Waals surface area contributed by atoms with Gasteiger partial charge >= 0.3 is 5.97 Å². The molecule has 0 unspecified atom stereocenters. The van der Waals surface area contributed by atoms with Crippen LogP contribution in [0.1, 0.15) is 46.2 Å². The second-order valence-electron chi connectivity index (χ2n) is 7.87. The van der Waals surface area contributed by atoms with Crippen molar-refractivity contribution in [1.82, 2.24) is 24.5 Å². The van der Waals surface area contributed by atoms with E-state index in [0.717, 1.165) is 6.42 Å². The minimum atomic E-state index is -0.446. The van der Waals surface area contributed by atoms with E-state index in [1.165, 1.54) is 18.0 Å². The van der Waals surface area contributed by atoms with E-state index in [4.69, 9.17) is 16.3 Å². The van der Waals surface area contributed by atoms with E-state index in [9.17, 15) is 14.4 Å². The Balaban J connectivity index is 1.57. The lowest BCUT2D eigenvalue weighted by Crippen LogP contribution is -2.14. The number of nitrogens with one attached hydrogen (secondary N) is 1. The minimum Gasteiger partial charge on any atom is -0.468 e. The third-order valence-electron chi connectivity index (χ3n) is 5.51. The molecule has 1 amide bonds. The predicted molar refractivity (Wildman–Crippen MR) is 130 cm³/mol. The molecule has 0 aliphatic rings. The van der Waals surface area contributed by atoms with Crippen molar-refractivity contribution in [3.8, 4) is 5.82 Å². The second kappa shape index (κ2) is 10.1. The minimum absolute atomic E-state index is 0.0274. The van der Waals surface area contributed by atoms with Crippen molar-refractivity contribution in [2.75, 3.05) is 12.4 Å². The van der Waals surface area contributed by atoms with Gasteiger partial charge in [0.1, 0.15) is 6.54 Å². The van der Waals surface area contributed by atoms with Crippen LogP contribution in [0.5, 0.6) is 0 Å². The van der Waals surface area contributed by atoms with Gasteiger partial charge in [-0.2, -0.15) is 5.10 Å². The number of ether oxygens (including phenoxy) is 1. The first-order valence-electron chi connectivity index (χ1n) is 10.9. The molecule has 0 spiro atoms. The van der Waals surface area contributed by atoms with Gasteiger partial charge in [-0.3, -0.25) is 14.4 Å². The van der Waals surface area contributed by atoms with Crippen LogP contribution >= 0.6 is 11.6 Å². The molecule has 0 saturated heterocycles. The summed E-state index contributed by atoms with van der Waals surface area (Å²) in [6, 6.07) is 8.32. The van der Waals surface area contributed by atoms with Gasteiger partial charge in [0.25, 0.3) is 5.91 Å². The van der Waals surface area contributed by atoms with E-state index in [-0.39, 0.29) is 18.1 Å². The van der Waals surface area contributed by atoms with Crippen LogP contribution < -0.4 is 5.32 Å². The number of carbonyl (C=O) groups excluding carboxylic acids is 3. The molecular formula is C24H23ClN6O4. The van der Waals surface area contributed by atoms with Crippen molar-refractivity contribution >= 4 is 46.0 Å². The van der Waals surface area contributed by atoms with E-state index in [1.807, 2.05) is 6.92 Å². The maximum Gasteiger partial charge on any atom is 0.325 e. The van der Waals surface area contributed by atoms with Crippen molar-refractivity contribution in [3.63, 3.8) is 0 Å². The molecule has 0 atom stereocenters. The Morgan fingerprint density at radius 1 is 1.11 bits per heavy atom. The number of benzene rings is 1. The first kappa shape index (κ1) is 24.1. The molecule has 0 aliphatic carbocycles. The smallest absolute Gasteiger partial charge is 0.325 e. The number of anilines is 1. The van der Waals surface area contributed by atoms with Gasteiger partial charge in [-0.25, -0.2) is 4.68 Å². The summed E-state index contributed by atoms with van der Waals surface area (Å²) < 4.78 is 7.90. The Morgan fingerprint density at radius 2 is 1.91 bits per heavy atom. The maximum absolute atomic E-state index is 13.1. The van der Waals surface area contributed by atoms with Gasteiger partial charge < -0.3 is 14.6 Å². The summed E-state index contributed by atoms with van der Waals surface area (Å²) >= 11 is 6.14. The lowest BCUT2D eigenvalue weighted by Gasteiger charge is -2.06. The molecule has 4 rings (SSSR count). The van der Waals surface area contributed by atoms with Gasteiger partial charge in [0.15, 0.2) is 17.4 Å². The zero-order valence-electron chi connectivity index (χ0n) is 19.4. The molecule has 1 aromatic carbocycles. The molecule has 0 aliphatic heterocycles. The fourth-order valence-electron chi connectivity index (χ4n) is 3.75. The predicted octanol–water partition coefficient (Wildman–Crippen LogP) is 3.99. The largest absolute Gasteiger partial charge is 0.468 e. The number of halogens is 1. The molecule has 35 heavy (non-hydrogen) atoms. The average molecular weight is 495 g/mol. The van der Waals surface area contributed by atoms with Crippen LogP contribution in [0.15, 0.2) is 42.7 Å². The summed E-state index contributed by atoms with van der Waals surface area (Å²) in [5.41, 5.74) is 2.20. The number of amides is 1. The zero-order valence-corrected chi connectivity index (χ0v) is 20.2. The van der Waals surface area contributed by atoms with Gasteiger partial charge in [-0.15, -0.1) is 10.2 Å². The van der Waals surface area contributed by atoms with E-state index in [0.29, 0.717) is 45.0 Å². The molecule has 3 heterocycles. The first-order chi connectivity index (χ1) is 16.8. The quantitative estimate of drug-likeness (QED) is 0.290. The maximum atomic E-state index is 13.1. The number of esters is 1. The monoisotopic (exact) mass is 494 g/mol. The highest BCUT2D eigenvalue weighted by Gasteiger charge is 2.19. The third-order valence-corrected chi connectivity index (χ3v) is 5.75. The third kappa shape index (κ3) is 4.92. The molecule has 4 aromatic rings. The number of hydrogen-bond acceptors (Lipinski definition) is 7. The zero-order chi connectivity index (χ0) is 25.1. The number of fused-ring (bicyclic) bond motifs is 1. The number of methoxy groups -OCH3 is 1. The number of aromatic nitrogens is 5. The van der Waals surface area contributed by atoms with Crippen LogP contribution in [0.2, 0.25) is 5.02 Å². The van der Waals surface area contributed by atoms with Crippen LogP contribution in [0.3, 0.4) is 0 Å². The molecule has 0 saturated carbocycles. The fourth-order valence-corrected chi connectivity index (χ4v) is 3.92.